The monoisotopic (exact) mass is 438 g/mol. The number of unbranched alkanes of at least 4 members (excludes halogenated alkanes) is 4. The van der Waals surface area contributed by atoms with Crippen LogP contribution < -0.4 is 0 Å². The van der Waals surface area contributed by atoms with E-state index in [1.807, 2.05) is 6.92 Å². The van der Waals surface area contributed by atoms with Gasteiger partial charge < -0.3 is 13.9 Å². The first-order chi connectivity index (χ1) is 13.2. The molecule has 0 aliphatic carbocycles. The Kier molecular flexibility index (Phi) is 9.76. The Bertz CT molecular complexity index is 601. The first-order valence-corrected chi connectivity index (χ1v) is 14.1. The Balaban J connectivity index is 3.46. The average Bonchev–Trinajstić information content (AvgIpc) is 2.66. The Morgan fingerprint density at radius 3 is 2.11 bits per heavy atom. The highest BCUT2D eigenvalue weighted by atomic mass is 32.2. The first kappa shape index (κ1) is 25.7. The van der Waals surface area contributed by atoms with Gasteiger partial charge in [-0.25, -0.2) is 0 Å². The van der Waals surface area contributed by atoms with Crippen molar-refractivity contribution in [1.29, 1.82) is 0 Å². The summed E-state index contributed by atoms with van der Waals surface area (Å²) in [7, 11) is -3.59. The minimum absolute atomic E-state index is 0.0247. The number of methoxy groups -OCH3 is 2. The van der Waals surface area contributed by atoms with Crippen LogP contribution in [-0.2, 0) is 28.8 Å². The first-order valence-electron chi connectivity index (χ1n) is 10.3. The molecule has 0 aromatic carbocycles. The van der Waals surface area contributed by atoms with Crippen LogP contribution in [0.25, 0.3) is 0 Å². The van der Waals surface area contributed by atoms with E-state index in [0.29, 0.717) is 24.9 Å². The highest BCUT2D eigenvalue weighted by molar-refractivity contribution is 7.88. The molecule has 2 atom stereocenters. The van der Waals surface area contributed by atoms with Gasteiger partial charge >= 0.3 is 0 Å². The summed E-state index contributed by atoms with van der Waals surface area (Å²) in [4.78, 5) is 13.4. The molecule has 28 heavy (non-hydrogen) atoms. The summed E-state index contributed by atoms with van der Waals surface area (Å²) in [5.74, 6) is -0.528. The van der Waals surface area contributed by atoms with Crippen LogP contribution in [0.1, 0.15) is 71.6 Å². The van der Waals surface area contributed by atoms with Crippen molar-refractivity contribution in [3.63, 3.8) is 0 Å². The molecule has 0 spiro atoms. The lowest BCUT2D eigenvalue weighted by atomic mass is 9.91. The molecule has 9 heteroatoms. The second-order valence-corrected chi connectivity index (χ2v) is 13.4. The molecule has 1 N–H and O–H groups in total. The minimum atomic E-state index is -4.81. The molecule has 1 aliphatic rings. The van der Waals surface area contributed by atoms with Gasteiger partial charge in [-0.3, -0.25) is 9.35 Å². The van der Waals surface area contributed by atoms with E-state index in [0.717, 1.165) is 32.1 Å². The number of carbonyl (C=O) groups is 1. The zero-order chi connectivity index (χ0) is 21.5. The molecule has 7 nitrogen and oxygen atoms in total. The van der Waals surface area contributed by atoms with Crippen molar-refractivity contribution in [2.75, 3.05) is 21.3 Å². The maximum atomic E-state index is 13.4. The molecule has 0 bridgehead atoms. The topological polar surface area (TPSA) is 99.1 Å². The van der Waals surface area contributed by atoms with Gasteiger partial charge in [-0.15, -0.1) is 0 Å². The van der Waals surface area contributed by atoms with E-state index < -0.39 is 34.4 Å². The summed E-state index contributed by atoms with van der Waals surface area (Å²) < 4.78 is 51.2. The third kappa shape index (κ3) is 4.25. The van der Waals surface area contributed by atoms with E-state index in [2.05, 4.69) is 6.92 Å². The second-order valence-electron chi connectivity index (χ2n) is 7.72. The lowest BCUT2D eigenvalue weighted by Crippen LogP contribution is -2.79. The number of ketones is 1. The van der Waals surface area contributed by atoms with Crippen molar-refractivity contribution in [2.45, 2.75) is 93.9 Å². The molecule has 1 heterocycles. The van der Waals surface area contributed by atoms with Crippen LogP contribution >= 0.6 is 0 Å². The van der Waals surface area contributed by atoms with E-state index >= 15 is 0 Å². The van der Waals surface area contributed by atoms with E-state index in [4.69, 9.17) is 13.9 Å². The fourth-order valence-corrected chi connectivity index (χ4v) is 12.1. The molecule has 2 unspecified atom stereocenters. The molecule has 166 valence electrons. The van der Waals surface area contributed by atoms with Crippen LogP contribution in [0.3, 0.4) is 0 Å². The normalized spacial score (nSPS) is 27.6. The zero-order valence-electron chi connectivity index (χ0n) is 18.1. The van der Waals surface area contributed by atoms with Gasteiger partial charge in [-0.05, 0) is 24.9 Å². The predicted octanol–water partition coefficient (Wildman–Crippen LogP) is 3.87. The summed E-state index contributed by atoms with van der Waals surface area (Å²) in [5.41, 5.74) is -1.78. The number of hydrogen-bond acceptors (Lipinski definition) is 6. The molecule has 0 aromatic rings. The van der Waals surface area contributed by atoms with E-state index in [9.17, 15) is 17.8 Å². The quantitative estimate of drug-likeness (QED) is 0.202. The maximum Gasteiger partial charge on any atom is 0.283 e. The van der Waals surface area contributed by atoms with Gasteiger partial charge in [0.05, 0.1) is 0 Å². The van der Waals surface area contributed by atoms with Gasteiger partial charge in [0.2, 0.25) is 10.2 Å². The van der Waals surface area contributed by atoms with Crippen LogP contribution in [0, 0.1) is 0 Å². The molecule has 1 fully saturated rings. The molecule has 1 saturated heterocycles. The molecular weight excluding hydrogens is 400 g/mol. The molecule has 0 saturated carbocycles. The molecular formula is C19H38O7SSi. The van der Waals surface area contributed by atoms with Crippen molar-refractivity contribution >= 4 is 24.2 Å². The van der Waals surface area contributed by atoms with E-state index in [1.165, 1.54) is 21.3 Å². The van der Waals surface area contributed by atoms with Crippen molar-refractivity contribution in [1.82, 2.24) is 0 Å². The van der Waals surface area contributed by atoms with E-state index in [1.54, 1.807) is 0 Å². The van der Waals surface area contributed by atoms with Crippen molar-refractivity contribution < 1.29 is 31.7 Å². The van der Waals surface area contributed by atoms with Crippen LogP contribution in [0.2, 0.25) is 12.1 Å². The molecule has 1 rings (SSSR count). The Morgan fingerprint density at radius 1 is 1.04 bits per heavy atom. The maximum absolute atomic E-state index is 13.4. The summed E-state index contributed by atoms with van der Waals surface area (Å²) in [5, 5.41) is 0. The standard InChI is InChI=1S/C19H38O7SSi/c1-6-8-9-10-11-13-17(20)18(27(21,22)23)14-12-16-28(26-5,15-7-2)19(18,24-3)25-4/h6-16H2,1-5H3,(H,21,22,23). The van der Waals surface area contributed by atoms with Gasteiger partial charge in [0, 0.05) is 27.8 Å². The summed E-state index contributed by atoms with van der Waals surface area (Å²) in [6.45, 7) is 4.08. The van der Waals surface area contributed by atoms with Crippen LogP contribution in [0.5, 0.6) is 0 Å². The Morgan fingerprint density at radius 2 is 1.64 bits per heavy atom. The number of Topliss-reactive ketones (excluding diaryl/α,β-unsaturated/α-hetero) is 1. The van der Waals surface area contributed by atoms with Crippen molar-refractivity contribution in [2.24, 2.45) is 0 Å². The summed E-state index contributed by atoms with van der Waals surface area (Å²) >= 11 is 0. The van der Waals surface area contributed by atoms with Gasteiger partial charge in [0.1, 0.15) is 0 Å². The third-order valence-electron chi connectivity index (χ3n) is 6.26. The fourth-order valence-electron chi connectivity index (χ4n) is 4.99. The number of rotatable bonds is 13. The van der Waals surface area contributed by atoms with Crippen LogP contribution in [0.15, 0.2) is 0 Å². The van der Waals surface area contributed by atoms with Crippen molar-refractivity contribution in [3.8, 4) is 0 Å². The highest BCUT2D eigenvalue weighted by Gasteiger charge is 2.76. The van der Waals surface area contributed by atoms with Gasteiger partial charge in [0.15, 0.2) is 5.78 Å². The predicted molar refractivity (Wildman–Crippen MR) is 111 cm³/mol. The summed E-state index contributed by atoms with van der Waals surface area (Å²) in [6, 6.07) is 1.19. The number of carbonyl (C=O) groups excluding carboxylic acids is 1. The Hall–Kier alpha value is -0.323. The Labute approximate surface area is 171 Å². The lowest BCUT2D eigenvalue weighted by Gasteiger charge is -2.56. The highest BCUT2D eigenvalue weighted by Crippen LogP contribution is 2.53. The van der Waals surface area contributed by atoms with E-state index in [-0.39, 0.29) is 12.8 Å². The largest absolute Gasteiger partial charge is 0.414 e. The molecule has 0 amide bonds. The van der Waals surface area contributed by atoms with Crippen LogP contribution in [-0.4, -0.2) is 58.6 Å². The SMILES string of the molecule is CCCCCCCC(=O)C1(S(=O)(=O)O)CCC[Si](CCC)(OC)C1(OC)OC. The lowest BCUT2D eigenvalue weighted by molar-refractivity contribution is -0.194. The van der Waals surface area contributed by atoms with Crippen LogP contribution in [0.4, 0.5) is 0 Å². The van der Waals surface area contributed by atoms with Gasteiger partial charge in [-0.2, -0.15) is 8.42 Å². The van der Waals surface area contributed by atoms with Gasteiger partial charge in [0.25, 0.3) is 18.4 Å². The number of ether oxygens (including phenoxy) is 2. The summed E-state index contributed by atoms with van der Waals surface area (Å²) in [6.07, 6.45) is 5.82. The minimum Gasteiger partial charge on any atom is -0.414 e. The zero-order valence-corrected chi connectivity index (χ0v) is 19.9. The molecule has 0 aromatic heterocycles. The third-order valence-corrected chi connectivity index (χ3v) is 13.3. The fraction of sp³-hybridized carbons (Fsp3) is 0.947. The van der Waals surface area contributed by atoms with Gasteiger partial charge in [-0.1, -0.05) is 52.4 Å². The molecule has 0 radical (unpaired) electrons. The smallest absolute Gasteiger partial charge is 0.283 e. The number of hydrogen-bond donors (Lipinski definition) is 1. The second kappa shape index (κ2) is 10.6. The average molecular weight is 439 g/mol. The molecule has 1 aliphatic heterocycles. The van der Waals surface area contributed by atoms with Crippen molar-refractivity contribution in [3.05, 3.63) is 0 Å².